The second-order valence-electron chi connectivity index (χ2n) is 7.69. The predicted molar refractivity (Wildman–Crippen MR) is 113 cm³/mol. The smallest absolute Gasteiger partial charge is 0.355 e. The first-order chi connectivity index (χ1) is 14.0. The summed E-state index contributed by atoms with van der Waals surface area (Å²) in [7, 11) is 0. The summed E-state index contributed by atoms with van der Waals surface area (Å²) < 4.78 is 2.00. The van der Waals surface area contributed by atoms with Gasteiger partial charge in [0, 0.05) is 24.6 Å². The van der Waals surface area contributed by atoms with Crippen LogP contribution in [0.25, 0.3) is 11.1 Å². The summed E-state index contributed by atoms with van der Waals surface area (Å²) in [5.74, 6) is 1.55. The van der Waals surface area contributed by atoms with Gasteiger partial charge in [-0.25, -0.2) is 19.4 Å². The monoisotopic (exact) mass is 392 g/mol. The molecule has 0 aliphatic heterocycles. The number of benzene rings is 1. The summed E-state index contributed by atoms with van der Waals surface area (Å²) in [6.45, 7) is 7.23. The number of carbonyl (C=O) groups is 1. The Labute approximate surface area is 171 Å². The molecular formula is C23H28N4O2. The normalized spacial score (nSPS) is 11.2. The van der Waals surface area contributed by atoms with Crippen LogP contribution in [0.4, 0.5) is 0 Å². The maximum absolute atomic E-state index is 11.4. The molecule has 0 radical (unpaired) electrons. The summed E-state index contributed by atoms with van der Waals surface area (Å²) >= 11 is 0. The van der Waals surface area contributed by atoms with Crippen LogP contribution in [0, 0.1) is 5.92 Å². The second-order valence-corrected chi connectivity index (χ2v) is 7.69. The molecule has 0 aliphatic carbocycles. The first-order valence-corrected chi connectivity index (χ1v) is 10.2. The molecule has 3 aromatic rings. The molecule has 0 amide bonds. The fraction of sp³-hybridized carbons (Fsp3) is 0.391. The zero-order chi connectivity index (χ0) is 20.8. The Morgan fingerprint density at radius 3 is 2.55 bits per heavy atom. The van der Waals surface area contributed by atoms with Gasteiger partial charge in [0.15, 0.2) is 11.5 Å². The molecule has 2 heterocycles. The van der Waals surface area contributed by atoms with Crippen LogP contribution < -0.4 is 0 Å². The maximum atomic E-state index is 11.4. The Morgan fingerprint density at radius 1 is 1.14 bits per heavy atom. The van der Waals surface area contributed by atoms with Crippen molar-refractivity contribution in [2.45, 2.75) is 53.0 Å². The predicted octanol–water partition coefficient (Wildman–Crippen LogP) is 4.63. The SMILES string of the molecule is CCCc1nc(CCC(C)C)nn1Cc1ccc(-c2cccnc2C(=O)O)cc1. The summed E-state index contributed by atoms with van der Waals surface area (Å²) in [6, 6.07) is 11.4. The van der Waals surface area contributed by atoms with Gasteiger partial charge in [0.05, 0.1) is 6.54 Å². The molecule has 0 saturated carbocycles. The summed E-state index contributed by atoms with van der Waals surface area (Å²) in [5, 5.41) is 14.1. The van der Waals surface area contributed by atoms with Gasteiger partial charge in [-0.3, -0.25) is 0 Å². The van der Waals surface area contributed by atoms with Crippen molar-refractivity contribution in [3.63, 3.8) is 0 Å². The fourth-order valence-corrected chi connectivity index (χ4v) is 3.26. The van der Waals surface area contributed by atoms with E-state index in [-0.39, 0.29) is 5.69 Å². The number of hydrogen-bond donors (Lipinski definition) is 1. The van der Waals surface area contributed by atoms with Crippen LogP contribution in [0.5, 0.6) is 0 Å². The van der Waals surface area contributed by atoms with Gasteiger partial charge in [-0.1, -0.05) is 51.1 Å². The Kier molecular flexibility index (Phi) is 6.75. The zero-order valence-corrected chi connectivity index (χ0v) is 17.3. The highest BCUT2D eigenvalue weighted by Gasteiger charge is 2.13. The van der Waals surface area contributed by atoms with Crippen LogP contribution in [0.1, 0.15) is 61.3 Å². The lowest BCUT2D eigenvalue weighted by atomic mass is 10.0. The number of carboxylic acids is 1. The Morgan fingerprint density at radius 2 is 1.90 bits per heavy atom. The van der Waals surface area contributed by atoms with Gasteiger partial charge in [0.2, 0.25) is 0 Å². The van der Waals surface area contributed by atoms with Gasteiger partial charge in [0.1, 0.15) is 5.82 Å². The van der Waals surface area contributed by atoms with E-state index in [0.717, 1.165) is 48.5 Å². The molecule has 0 unspecified atom stereocenters. The highest BCUT2D eigenvalue weighted by atomic mass is 16.4. The second kappa shape index (κ2) is 9.45. The maximum Gasteiger partial charge on any atom is 0.355 e. The topological polar surface area (TPSA) is 80.9 Å². The van der Waals surface area contributed by atoms with Crippen LogP contribution in [-0.4, -0.2) is 30.8 Å². The minimum absolute atomic E-state index is 0.0663. The zero-order valence-electron chi connectivity index (χ0n) is 17.3. The van der Waals surface area contributed by atoms with Gasteiger partial charge in [-0.2, -0.15) is 5.10 Å². The highest BCUT2D eigenvalue weighted by Crippen LogP contribution is 2.23. The van der Waals surface area contributed by atoms with Crippen molar-refractivity contribution in [1.29, 1.82) is 0 Å². The number of aryl methyl sites for hydroxylation is 2. The van der Waals surface area contributed by atoms with E-state index in [1.165, 1.54) is 6.20 Å². The van der Waals surface area contributed by atoms with E-state index >= 15 is 0 Å². The minimum Gasteiger partial charge on any atom is -0.476 e. The molecule has 0 saturated heterocycles. The Hall–Kier alpha value is -3.02. The van der Waals surface area contributed by atoms with Crippen LogP contribution in [0.3, 0.4) is 0 Å². The van der Waals surface area contributed by atoms with Crippen LogP contribution >= 0.6 is 0 Å². The van der Waals surface area contributed by atoms with E-state index in [1.54, 1.807) is 12.1 Å². The summed E-state index contributed by atoms with van der Waals surface area (Å²) in [6.07, 6.45) is 5.42. The number of aromatic carboxylic acids is 1. The average molecular weight is 393 g/mol. The molecule has 152 valence electrons. The summed E-state index contributed by atoms with van der Waals surface area (Å²) in [4.78, 5) is 20.1. The van der Waals surface area contributed by atoms with E-state index in [0.29, 0.717) is 18.0 Å². The largest absolute Gasteiger partial charge is 0.476 e. The van der Waals surface area contributed by atoms with Crippen molar-refractivity contribution < 1.29 is 9.90 Å². The molecule has 29 heavy (non-hydrogen) atoms. The number of carboxylic acid groups (broad SMARTS) is 1. The van der Waals surface area contributed by atoms with Crippen LogP contribution in [0.15, 0.2) is 42.6 Å². The van der Waals surface area contributed by atoms with Crippen molar-refractivity contribution in [2.75, 3.05) is 0 Å². The van der Waals surface area contributed by atoms with Gasteiger partial charge in [0.25, 0.3) is 0 Å². The van der Waals surface area contributed by atoms with Crippen LogP contribution in [0.2, 0.25) is 0 Å². The number of aromatic nitrogens is 4. The van der Waals surface area contributed by atoms with E-state index in [9.17, 15) is 9.90 Å². The number of pyridine rings is 1. The quantitative estimate of drug-likeness (QED) is 0.574. The van der Waals surface area contributed by atoms with Gasteiger partial charge in [-0.15, -0.1) is 0 Å². The molecule has 0 fully saturated rings. The fourth-order valence-electron chi connectivity index (χ4n) is 3.26. The molecule has 6 nitrogen and oxygen atoms in total. The minimum atomic E-state index is -1.02. The number of rotatable bonds is 9. The van der Waals surface area contributed by atoms with E-state index < -0.39 is 5.97 Å². The molecule has 1 aromatic carbocycles. The molecule has 3 rings (SSSR count). The third kappa shape index (κ3) is 5.28. The third-order valence-corrected chi connectivity index (χ3v) is 4.82. The van der Waals surface area contributed by atoms with Crippen molar-refractivity contribution in [3.05, 3.63) is 65.5 Å². The average Bonchev–Trinajstić information content (AvgIpc) is 3.08. The molecule has 6 heteroatoms. The number of hydrogen-bond acceptors (Lipinski definition) is 4. The Balaban J connectivity index is 1.80. The lowest BCUT2D eigenvalue weighted by Crippen LogP contribution is -2.07. The van der Waals surface area contributed by atoms with Crippen molar-refractivity contribution in [3.8, 4) is 11.1 Å². The molecular weight excluding hydrogens is 364 g/mol. The highest BCUT2D eigenvalue weighted by molar-refractivity contribution is 5.93. The standard InChI is InChI=1S/C23H28N4O2/c1-4-6-21-25-20(13-8-16(2)3)26-27(21)15-17-9-11-18(12-10-17)19-7-5-14-24-22(19)23(28)29/h5,7,9-12,14,16H,4,6,8,13,15H2,1-3H3,(H,28,29). The first-order valence-electron chi connectivity index (χ1n) is 10.2. The molecule has 1 N–H and O–H groups in total. The van der Waals surface area contributed by atoms with Gasteiger partial charge >= 0.3 is 5.97 Å². The van der Waals surface area contributed by atoms with Gasteiger partial charge in [-0.05, 0) is 36.0 Å². The molecule has 0 spiro atoms. The van der Waals surface area contributed by atoms with Crippen molar-refractivity contribution in [2.24, 2.45) is 5.92 Å². The van der Waals surface area contributed by atoms with E-state index in [4.69, 9.17) is 10.1 Å². The van der Waals surface area contributed by atoms with E-state index in [1.807, 2.05) is 28.9 Å². The van der Waals surface area contributed by atoms with Crippen LogP contribution in [-0.2, 0) is 19.4 Å². The number of nitrogens with zero attached hydrogens (tertiary/aromatic N) is 4. The molecule has 0 aliphatic rings. The molecule has 2 aromatic heterocycles. The first kappa shape index (κ1) is 20.7. The van der Waals surface area contributed by atoms with Crippen molar-refractivity contribution in [1.82, 2.24) is 19.7 Å². The Bertz CT molecular complexity index is 961. The third-order valence-electron chi connectivity index (χ3n) is 4.82. The lowest BCUT2D eigenvalue weighted by molar-refractivity contribution is 0.0691. The lowest BCUT2D eigenvalue weighted by Gasteiger charge is -2.08. The molecule has 0 atom stereocenters. The van der Waals surface area contributed by atoms with Gasteiger partial charge < -0.3 is 5.11 Å². The van der Waals surface area contributed by atoms with Crippen molar-refractivity contribution >= 4 is 5.97 Å². The van der Waals surface area contributed by atoms with E-state index in [2.05, 4.69) is 25.8 Å². The molecule has 0 bridgehead atoms. The summed E-state index contributed by atoms with van der Waals surface area (Å²) in [5.41, 5.74) is 2.63.